The molecule has 1 aliphatic heterocycles. The minimum Gasteiger partial charge on any atom is -1.00 e. The molecule has 3 rings (SSSR count). The first-order chi connectivity index (χ1) is 11.5. The van der Waals surface area contributed by atoms with Gasteiger partial charge in [-0.15, -0.1) is 0 Å². The molecule has 0 spiro atoms. The number of hydrogen-bond acceptors (Lipinski definition) is 3. The molecule has 1 aromatic heterocycles. The van der Waals surface area contributed by atoms with E-state index in [0.717, 1.165) is 23.7 Å². The smallest absolute Gasteiger partial charge is 0.260 e. The molecule has 1 aromatic carbocycles. The maximum Gasteiger partial charge on any atom is 0.260 e. The molecule has 0 bridgehead atoms. The summed E-state index contributed by atoms with van der Waals surface area (Å²) < 4.78 is 0. The largest absolute Gasteiger partial charge is 1.00 e. The van der Waals surface area contributed by atoms with E-state index in [4.69, 9.17) is 11.6 Å². The van der Waals surface area contributed by atoms with Gasteiger partial charge in [0.2, 0.25) is 0 Å². The van der Waals surface area contributed by atoms with E-state index < -0.39 is 0 Å². The van der Waals surface area contributed by atoms with E-state index in [2.05, 4.69) is 24.0 Å². The van der Waals surface area contributed by atoms with Gasteiger partial charge in [0.25, 0.3) is 5.91 Å². The molecule has 1 aliphatic rings. The number of quaternary nitrogens is 1. The van der Waals surface area contributed by atoms with Crippen LogP contribution in [-0.2, 0) is 0 Å². The molecule has 0 unspecified atom stereocenters. The summed E-state index contributed by atoms with van der Waals surface area (Å²) in [7, 11) is 4.16. The number of pyridine rings is 1. The monoisotopic (exact) mass is 380 g/mol. The Morgan fingerprint density at radius 1 is 1.08 bits per heavy atom. The fraction of sp³-hybridized carbons (Fsp3) is 0.333. The lowest BCUT2D eigenvalue weighted by Gasteiger charge is -2.25. The number of nitrogens with zero attached hydrogens (tertiary/aromatic N) is 3. The van der Waals surface area contributed by atoms with Crippen molar-refractivity contribution in [2.75, 3.05) is 43.5 Å². The number of nitrogens with one attached hydrogen (secondary N) is 1. The van der Waals surface area contributed by atoms with E-state index in [9.17, 15) is 4.79 Å². The summed E-state index contributed by atoms with van der Waals surface area (Å²) in [5, 5.41) is 0.428. The predicted octanol–water partition coefficient (Wildman–Crippen LogP) is -0.998. The summed E-state index contributed by atoms with van der Waals surface area (Å²) >= 11 is 6.15. The number of halogens is 2. The second-order valence-electron chi connectivity index (χ2n) is 6.15. The molecule has 0 atom stereocenters. The number of aromatic nitrogens is 1. The summed E-state index contributed by atoms with van der Waals surface area (Å²) in [6.07, 6.45) is 0. The number of likely N-dealkylation sites (N-methyl/N-ethyl adjacent to an activating group) is 1. The van der Waals surface area contributed by atoms with E-state index in [1.807, 2.05) is 42.2 Å². The van der Waals surface area contributed by atoms with Crippen LogP contribution in [0.2, 0.25) is 5.15 Å². The zero-order valence-electron chi connectivity index (χ0n) is 14.6. The van der Waals surface area contributed by atoms with Crippen molar-refractivity contribution in [1.29, 1.82) is 0 Å². The van der Waals surface area contributed by atoms with Crippen molar-refractivity contribution in [3.05, 3.63) is 47.1 Å². The van der Waals surface area contributed by atoms with Crippen molar-refractivity contribution in [2.45, 2.75) is 6.92 Å². The van der Waals surface area contributed by atoms with Crippen molar-refractivity contribution < 1.29 is 22.1 Å². The van der Waals surface area contributed by atoms with Crippen molar-refractivity contribution in [3.8, 4) is 0 Å². The van der Waals surface area contributed by atoms with Gasteiger partial charge >= 0.3 is 0 Å². The number of benzene rings is 1. The molecule has 5 nitrogen and oxygen atoms in total. The van der Waals surface area contributed by atoms with E-state index >= 15 is 0 Å². The number of anilines is 3. The second kappa shape index (κ2) is 8.04. The van der Waals surface area contributed by atoms with Crippen molar-refractivity contribution in [1.82, 2.24) is 4.98 Å². The molecule has 25 heavy (non-hydrogen) atoms. The van der Waals surface area contributed by atoms with Crippen LogP contribution in [0.4, 0.5) is 17.2 Å². The van der Waals surface area contributed by atoms with Crippen LogP contribution < -0.4 is 27.1 Å². The highest BCUT2D eigenvalue weighted by Crippen LogP contribution is 2.39. The van der Waals surface area contributed by atoms with Gasteiger partial charge < -0.3 is 22.2 Å². The Morgan fingerprint density at radius 3 is 2.48 bits per heavy atom. The lowest BCUT2D eigenvalue weighted by molar-refractivity contribution is -0.856. The maximum absolute atomic E-state index is 13.2. The minimum absolute atomic E-state index is 0. The first-order valence-electron chi connectivity index (χ1n) is 8.17. The molecule has 2 heterocycles. The van der Waals surface area contributed by atoms with Crippen LogP contribution in [-0.4, -0.2) is 44.6 Å². The van der Waals surface area contributed by atoms with Gasteiger partial charge in [0.15, 0.2) is 5.82 Å². The van der Waals surface area contributed by atoms with Crippen LogP contribution in [0, 0.1) is 0 Å². The Labute approximate surface area is 159 Å². The Kier molecular flexibility index (Phi) is 6.27. The maximum atomic E-state index is 13.2. The molecule has 0 saturated heterocycles. The Morgan fingerprint density at radius 2 is 1.80 bits per heavy atom. The third-order valence-corrected chi connectivity index (χ3v) is 4.40. The predicted molar refractivity (Wildman–Crippen MR) is 97.7 cm³/mol. The van der Waals surface area contributed by atoms with Gasteiger partial charge in [-0.3, -0.25) is 9.69 Å². The first kappa shape index (κ1) is 19.5. The van der Waals surface area contributed by atoms with Gasteiger partial charge in [-0.05, 0) is 31.2 Å². The molecule has 1 N–H and O–H groups in total. The standard InChI is InChI=1S/C18H21ClN4O.ClH/c1-4-22-14-8-6-5-7-13(14)18(24)23(12-11-21(2)3)15-9-10-16(19)20-17(15)22;/h5-10H,4,11-12H2,1-3H3;1H. The van der Waals surface area contributed by atoms with Crippen LogP contribution in [0.5, 0.6) is 0 Å². The number of fused-ring (bicyclic) bond motifs is 2. The number of para-hydroxylation sites is 1. The SMILES string of the molecule is CCN1c2ccccc2C(=O)N(CC[NH+](C)C)c2ccc(Cl)nc21.[Cl-]. The van der Waals surface area contributed by atoms with Crippen molar-refractivity contribution in [3.63, 3.8) is 0 Å². The van der Waals surface area contributed by atoms with E-state index in [1.54, 1.807) is 6.07 Å². The van der Waals surface area contributed by atoms with Crippen LogP contribution in [0.1, 0.15) is 17.3 Å². The van der Waals surface area contributed by atoms with Gasteiger partial charge in [-0.2, -0.15) is 0 Å². The molecule has 0 aliphatic carbocycles. The summed E-state index contributed by atoms with van der Waals surface area (Å²) in [5.41, 5.74) is 2.38. The van der Waals surface area contributed by atoms with Gasteiger partial charge in [0.1, 0.15) is 5.15 Å². The Bertz CT molecular complexity index is 766. The van der Waals surface area contributed by atoms with Crippen molar-refractivity contribution >= 4 is 34.7 Å². The fourth-order valence-corrected chi connectivity index (χ4v) is 3.11. The van der Waals surface area contributed by atoms with Crippen molar-refractivity contribution in [2.24, 2.45) is 0 Å². The number of amides is 1. The molecule has 134 valence electrons. The van der Waals surface area contributed by atoms with Crippen LogP contribution in [0.25, 0.3) is 0 Å². The van der Waals surface area contributed by atoms with E-state index in [-0.39, 0.29) is 18.3 Å². The molecule has 0 fully saturated rings. The summed E-state index contributed by atoms with van der Waals surface area (Å²) in [4.78, 5) is 22.9. The lowest BCUT2D eigenvalue weighted by Crippen LogP contribution is -3.06. The van der Waals surface area contributed by atoms with Crippen LogP contribution in [0.3, 0.4) is 0 Å². The van der Waals surface area contributed by atoms with Gasteiger partial charge in [-0.25, -0.2) is 4.98 Å². The molecular weight excluding hydrogens is 359 g/mol. The molecule has 2 aromatic rings. The fourth-order valence-electron chi connectivity index (χ4n) is 2.96. The molecular formula is C18H22Cl2N4O. The highest BCUT2D eigenvalue weighted by molar-refractivity contribution is 6.29. The summed E-state index contributed by atoms with van der Waals surface area (Å²) in [5.74, 6) is 0.741. The third-order valence-electron chi connectivity index (χ3n) is 4.19. The first-order valence-corrected chi connectivity index (χ1v) is 8.54. The zero-order valence-corrected chi connectivity index (χ0v) is 16.1. The normalized spacial score (nSPS) is 13.2. The number of carbonyl (C=O) groups is 1. The second-order valence-corrected chi connectivity index (χ2v) is 6.54. The number of hydrogen-bond donors (Lipinski definition) is 1. The quantitative estimate of drug-likeness (QED) is 0.691. The lowest BCUT2D eigenvalue weighted by atomic mass is 10.1. The Balaban J connectivity index is 0.00000225. The highest BCUT2D eigenvalue weighted by Gasteiger charge is 2.31. The third kappa shape index (κ3) is 3.73. The number of rotatable bonds is 4. The highest BCUT2D eigenvalue weighted by atomic mass is 35.5. The van der Waals surface area contributed by atoms with Crippen LogP contribution >= 0.6 is 11.6 Å². The topological polar surface area (TPSA) is 40.9 Å². The molecule has 0 radical (unpaired) electrons. The average molecular weight is 381 g/mol. The summed E-state index contributed by atoms with van der Waals surface area (Å²) in [6.45, 7) is 4.23. The van der Waals surface area contributed by atoms with Gasteiger partial charge in [0, 0.05) is 6.54 Å². The summed E-state index contributed by atoms with van der Waals surface area (Å²) in [6, 6.07) is 11.3. The van der Waals surface area contributed by atoms with Gasteiger partial charge in [-0.1, -0.05) is 23.7 Å². The molecule has 7 heteroatoms. The van der Waals surface area contributed by atoms with Gasteiger partial charge in [0.05, 0.1) is 44.1 Å². The molecule has 0 saturated carbocycles. The van der Waals surface area contributed by atoms with E-state index in [1.165, 1.54) is 4.90 Å². The molecule has 1 amide bonds. The van der Waals surface area contributed by atoms with Crippen LogP contribution in [0.15, 0.2) is 36.4 Å². The average Bonchev–Trinajstić information content (AvgIpc) is 2.66. The minimum atomic E-state index is 0. The Hall–Kier alpha value is -1.82. The zero-order chi connectivity index (χ0) is 17.3. The number of carbonyl (C=O) groups excluding carboxylic acids is 1. The van der Waals surface area contributed by atoms with E-state index in [0.29, 0.717) is 23.8 Å².